The van der Waals surface area contributed by atoms with Gasteiger partial charge in [-0.2, -0.15) is 0 Å². The summed E-state index contributed by atoms with van der Waals surface area (Å²) in [5.74, 6) is -1.11. The first-order chi connectivity index (χ1) is 13.6. The average Bonchev–Trinajstić information content (AvgIpc) is 2.73. The zero-order valence-corrected chi connectivity index (χ0v) is 16.0. The molecule has 6 heteroatoms. The minimum absolute atomic E-state index is 0.494. The van der Waals surface area contributed by atoms with E-state index in [0.717, 1.165) is 16.5 Å². The lowest BCUT2D eigenvalue weighted by molar-refractivity contribution is -0.143. The van der Waals surface area contributed by atoms with Crippen LogP contribution >= 0.6 is 11.6 Å². The highest BCUT2D eigenvalue weighted by atomic mass is 35.5. The summed E-state index contributed by atoms with van der Waals surface area (Å²) in [5, 5.41) is 5.39. The van der Waals surface area contributed by atoms with Crippen LogP contribution in [0.15, 0.2) is 66.7 Å². The smallest absolute Gasteiger partial charge is 0.313 e. The molecule has 0 spiro atoms. The van der Waals surface area contributed by atoms with Crippen molar-refractivity contribution in [3.8, 4) is 0 Å². The highest BCUT2D eigenvalue weighted by molar-refractivity contribution is 6.40. The van der Waals surface area contributed by atoms with Gasteiger partial charge in [0.25, 0.3) is 0 Å². The van der Waals surface area contributed by atoms with Crippen molar-refractivity contribution in [1.29, 1.82) is 0 Å². The lowest BCUT2D eigenvalue weighted by Crippen LogP contribution is -2.51. The molecule has 1 heterocycles. The summed E-state index contributed by atoms with van der Waals surface area (Å²) >= 11 is 6.06. The van der Waals surface area contributed by atoms with E-state index in [9.17, 15) is 9.59 Å². The normalized spacial score (nSPS) is 14.2. The van der Waals surface area contributed by atoms with E-state index in [1.165, 1.54) is 0 Å². The fourth-order valence-electron chi connectivity index (χ4n) is 3.49. The Labute approximate surface area is 168 Å². The molecule has 3 aromatic carbocycles. The van der Waals surface area contributed by atoms with E-state index in [-0.39, 0.29) is 0 Å². The second-order valence-electron chi connectivity index (χ2n) is 6.74. The monoisotopic (exact) mass is 393 g/mol. The van der Waals surface area contributed by atoms with Gasteiger partial charge in [-0.1, -0.05) is 54.1 Å². The van der Waals surface area contributed by atoms with Crippen molar-refractivity contribution in [3.05, 3.63) is 71.8 Å². The number of nitrogens with one attached hydrogen (secondary N) is 1. The van der Waals surface area contributed by atoms with Crippen LogP contribution in [-0.2, 0) is 9.59 Å². The number of piperazine rings is 1. The summed E-state index contributed by atoms with van der Waals surface area (Å²) in [4.78, 5) is 28.9. The van der Waals surface area contributed by atoms with Crippen LogP contribution in [0.4, 0.5) is 11.4 Å². The lowest BCUT2D eigenvalue weighted by Gasteiger charge is -2.35. The number of nitrogens with zero attached hydrogens (tertiary/aromatic N) is 2. The van der Waals surface area contributed by atoms with Crippen molar-refractivity contribution < 1.29 is 9.59 Å². The van der Waals surface area contributed by atoms with Gasteiger partial charge in [0.15, 0.2) is 0 Å². The minimum atomic E-state index is -0.604. The summed E-state index contributed by atoms with van der Waals surface area (Å²) in [6.07, 6.45) is 0. The Hall–Kier alpha value is -3.05. The molecule has 0 radical (unpaired) electrons. The van der Waals surface area contributed by atoms with Gasteiger partial charge in [0.05, 0.1) is 0 Å². The van der Waals surface area contributed by atoms with Crippen molar-refractivity contribution in [3.63, 3.8) is 0 Å². The molecular formula is C22H20ClN3O2. The Morgan fingerprint density at radius 1 is 0.857 bits per heavy atom. The maximum Gasteiger partial charge on any atom is 0.313 e. The molecule has 0 aromatic heterocycles. The number of carbonyl (C=O) groups is 2. The van der Waals surface area contributed by atoms with Gasteiger partial charge in [-0.3, -0.25) is 9.59 Å². The Kier molecular flexibility index (Phi) is 5.17. The van der Waals surface area contributed by atoms with Crippen LogP contribution in [0.3, 0.4) is 0 Å². The molecule has 5 nitrogen and oxygen atoms in total. The predicted molar refractivity (Wildman–Crippen MR) is 113 cm³/mol. The van der Waals surface area contributed by atoms with E-state index < -0.39 is 11.8 Å². The van der Waals surface area contributed by atoms with E-state index in [2.05, 4.69) is 10.2 Å². The Bertz CT molecular complexity index is 1020. The van der Waals surface area contributed by atoms with Crippen LogP contribution < -0.4 is 10.2 Å². The molecule has 1 N–H and O–H groups in total. The zero-order valence-electron chi connectivity index (χ0n) is 15.3. The third-order valence-electron chi connectivity index (χ3n) is 4.97. The molecular weight excluding hydrogens is 374 g/mol. The fraction of sp³-hybridized carbons (Fsp3) is 0.182. The number of hydrogen-bond donors (Lipinski definition) is 1. The van der Waals surface area contributed by atoms with Gasteiger partial charge < -0.3 is 15.1 Å². The van der Waals surface area contributed by atoms with E-state index in [0.29, 0.717) is 36.9 Å². The first kappa shape index (κ1) is 18.3. The summed E-state index contributed by atoms with van der Waals surface area (Å²) in [7, 11) is 0. The maximum absolute atomic E-state index is 12.6. The topological polar surface area (TPSA) is 52.7 Å². The third kappa shape index (κ3) is 3.80. The SMILES string of the molecule is O=C(Nc1cccc2ccccc12)C(=O)N1CCN(c2cccc(Cl)c2)CC1. The average molecular weight is 394 g/mol. The zero-order chi connectivity index (χ0) is 19.5. The third-order valence-corrected chi connectivity index (χ3v) is 5.21. The van der Waals surface area contributed by atoms with Gasteiger partial charge in [0.1, 0.15) is 0 Å². The molecule has 0 aliphatic carbocycles. The minimum Gasteiger partial charge on any atom is -0.368 e. The molecule has 28 heavy (non-hydrogen) atoms. The number of anilines is 2. The number of amides is 2. The highest BCUT2D eigenvalue weighted by Gasteiger charge is 2.26. The number of halogens is 1. The number of rotatable bonds is 2. The molecule has 0 bridgehead atoms. The van der Waals surface area contributed by atoms with E-state index in [1.54, 1.807) is 4.90 Å². The molecule has 3 aromatic rings. The Balaban J connectivity index is 1.40. The fourth-order valence-corrected chi connectivity index (χ4v) is 3.68. The molecule has 1 fully saturated rings. The van der Waals surface area contributed by atoms with Crippen LogP contribution in [0, 0.1) is 0 Å². The number of carbonyl (C=O) groups excluding carboxylic acids is 2. The molecule has 0 atom stereocenters. The van der Waals surface area contributed by atoms with Crippen LogP contribution in [0.25, 0.3) is 10.8 Å². The molecule has 1 aliphatic rings. The van der Waals surface area contributed by atoms with Crippen molar-refractivity contribution in [2.24, 2.45) is 0 Å². The molecule has 0 unspecified atom stereocenters. The summed E-state index contributed by atoms with van der Waals surface area (Å²) in [6.45, 7) is 2.31. The maximum atomic E-state index is 12.6. The summed E-state index contributed by atoms with van der Waals surface area (Å²) in [6, 6.07) is 21.1. The summed E-state index contributed by atoms with van der Waals surface area (Å²) < 4.78 is 0. The number of fused-ring (bicyclic) bond motifs is 1. The van der Waals surface area contributed by atoms with Gasteiger partial charge in [-0.05, 0) is 29.7 Å². The van der Waals surface area contributed by atoms with E-state index in [4.69, 9.17) is 11.6 Å². The van der Waals surface area contributed by atoms with Crippen LogP contribution in [0.5, 0.6) is 0 Å². The van der Waals surface area contributed by atoms with Crippen LogP contribution in [0.2, 0.25) is 5.02 Å². The van der Waals surface area contributed by atoms with Crippen molar-refractivity contribution in [2.45, 2.75) is 0 Å². The largest absolute Gasteiger partial charge is 0.368 e. The molecule has 142 valence electrons. The first-order valence-electron chi connectivity index (χ1n) is 9.20. The second-order valence-corrected chi connectivity index (χ2v) is 7.18. The Morgan fingerprint density at radius 2 is 1.57 bits per heavy atom. The van der Waals surface area contributed by atoms with Gasteiger partial charge in [-0.25, -0.2) is 0 Å². The summed E-state index contributed by atoms with van der Waals surface area (Å²) in [5.41, 5.74) is 1.67. The van der Waals surface area contributed by atoms with E-state index in [1.807, 2.05) is 66.7 Å². The Morgan fingerprint density at radius 3 is 2.36 bits per heavy atom. The first-order valence-corrected chi connectivity index (χ1v) is 9.58. The molecule has 0 saturated carbocycles. The second kappa shape index (κ2) is 7.90. The van der Waals surface area contributed by atoms with Gasteiger partial charge in [0.2, 0.25) is 0 Å². The van der Waals surface area contributed by atoms with Crippen LogP contribution in [-0.4, -0.2) is 42.9 Å². The lowest BCUT2D eigenvalue weighted by atomic mass is 10.1. The van der Waals surface area contributed by atoms with Crippen molar-refractivity contribution in [2.75, 3.05) is 36.4 Å². The van der Waals surface area contributed by atoms with E-state index >= 15 is 0 Å². The molecule has 2 amide bonds. The van der Waals surface area contributed by atoms with Gasteiger partial charge >= 0.3 is 11.8 Å². The predicted octanol–water partition coefficient (Wildman–Crippen LogP) is 3.78. The number of benzene rings is 3. The molecule has 1 aliphatic heterocycles. The highest BCUT2D eigenvalue weighted by Crippen LogP contribution is 2.23. The molecule has 4 rings (SSSR count). The molecule has 1 saturated heterocycles. The van der Waals surface area contributed by atoms with Crippen LogP contribution in [0.1, 0.15) is 0 Å². The van der Waals surface area contributed by atoms with Crippen molar-refractivity contribution >= 4 is 45.6 Å². The quantitative estimate of drug-likeness (QED) is 0.674. The standard InChI is InChI=1S/C22H20ClN3O2/c23-17-7-4-8-18(15-17)25-11-13-26(14-12-25)22(28)21(27)24-20-10-3-6-16-5-1-2-9-19(16)20/h1-10,15H,11-14H2,(H,24,27). The van der Waals surface area contributed by atoms with Crippen molar-refractivity contribution in [1.82, 2.24) is 4.90 Å². The van der Waals surface area contributed by atoms with Gasteiger partial charge in [-0.15, -0.1) is 0 Å². The van der Waals surface area contributed by atoms with Gasteiger partial charge in [0, 0.05) is 48.0 Å². The number of hydrogen-bond acceptors (Lipinski definition) is 3.